The Morgan fingerprint density at radius 1 is 1.41 bits per heavy atom. The number of hydrogen-bond acceptors (Lipinski definition) is 1. The number of aromatic nitrogens is 2. The fourth-order valence-electron chi connectivity index (χ4n) is 1.85. The molecule has 0 bridgehead atoms. The first kappa shape index (κ1) is 12.5. The van der Waals surface area contributed by atoms with Gasteiger partial charge in [-0.2, -0.15) is 0 Å². The predicted molar refractivity (Wildman–Crippen MR) is 67.3 cm³/mol. The van der Waals surface area contributed by atoms with Crippen molar-refractivity contribution in [3.63, 3.8) is 0 Å². The van der Waals surface area contributed by atoms with Crippen molar-refractivity contribution in [2.45, 2.75) is 32.7 Å². The van der Waals surface area contributed by atoms with Crippen LogP contribution in [-0.2, 0) is 6.54 Å². The van der Waals surface area contributed by atoms with E-state index >= 15 is 0 Å². The van der Waals surface area contributed by atoms with Crippen LogP contribution in [-0.4, -0.2) is 9.55 Å². The first-order chi connectivity index (χ1) is 8.15. The minimum absolute atomic E-state index is 0.00144. The van der Waals surface area contributed by atoms with Gasteiger partial charge in [-0.05, 0) is 28.4 Å². The first-order valence-electron chi connectivity index (χ1n) is 5.58. The Balaban J connectivity index is 2.55. The third-order valence-corrected chi connectivity index (χ3v) is 3.34. The summed E-state index contributed by atoms with van der Waals surface area (Å²) in [4.78, 5) is 4.19. The molecule has 0 radical (unpaired) electrons. The lowest BCUT2D eigenvalue weighted by molar-refractivity contribution is 0.153. The molecule has 0 aliphatic heterocycles. The van der Waals surface area contributed by atoms with E-state index in [0.29, 0.717) is 10.3 Å². The number of halogens is 3. The van der Waals surface area contributed by atoms with Crippen LogP contribution in [0.3, 0.4) is 0 Å². The summed E-state index contributed by atoms with van der Waals surface area (Å²) in [6.07, 6.45) is -0.427. The molecule has 0 aliphatic carbocycles. The topological polar surface area (TPSA) is 17.8 Å². The lowest BCUT2D eigenvalue weighted by Crippen LogP contribution is -1.97. The summed E-state index contributed by atoms with van der Waals surface area (Å²) in [6, 6.07) is 4.91. The molecule has 0 unspecified atom stereocenters. The maximum atomic E-state index is 12.8. The Kier molecular flexibility index (Phi) is 3.76. The Hall–Kier alpha value is -0.970. The monoisotopic (exact) mass is 302 g/mol. The molecule has 1 heterocycles. The van der Waals surface area contributed by atoms with Gasteiger partial charge in [0.15, 0.2) is 4.73 Å². The van der Waals surface area contributed by atoms with Crippen LogP contribution in [0, 0.1) is 0 Å². The van der Waals surface area contributed by atoms with E-state index in [2.05, 4.69) is 27.8 Å². The van der Waals surface area contributed by atoms with Crippen LogP contribution in [0.15, 0.2) is 22.9 Å². The van der Waals surface area contributed by atoms with Crippen molar-refractivity contribution in [2.75, 3.05) is 0 Å². The van der Waals surface area contributed by atoms with E-state index < -0.39 is 6.43 Å². The second-order valence-electron chi connectivity index (χ2n) is 3.90. The number of unbranched alkanes of at least 4 members (excludes halogenated alkanes) is 1. The number of benzene rings is 1. The Labute approximate surface area is 107 Å². The fraction of sp³-hybridized carbons (Fsp3) is 0.417. The van der Waals surface area contributed by atoms with Gasteiger partial charge in [-0.1, -0.05) is 25.5 Å². The zero-order chi connectivity index (χ0) is 12.4. The highest BCUT2D eigenvalue weighted by molar-refractivity contribution is 9.10. The minimum Gasteiger partial charge on any atom is -0.319 e. The zero-order valence-electron chi connectivity index (χ0n) is 9.46. The Morgan fingerprint density at radius 2 is 2.18 bits per heavy atom. The average Bonchev–Trinajstić information content (AvgIpc) is 2.61. The van der Waals surface area contributed by atoms with Crippen molar-refractivity contribution >= 4 is 27.0 Å². The first-order valence-corrected chi connectivity index (χ1v) is 6.37. The highest BCUT2D eigenvalue weighted by Crippen LogP contribution is 2.29. The zero-order valence-corrected chi connectivity index (χ0v) is 11.0. The van der Waals surface area contributed by atoms with Gasteiger partial charge in [0.1, 0.15) is 0 Å². The summed E-state index contributed by atoms with van der Waals surface area (Å²) in [5.74, 6) is 0. The van der Waals surface area contributed by atoms with Gasteiger partial charge in [0.25, 0.3) is 6.43 Å². The van der Waals surface area contributed by atoms with Crippen molar-refractivity contribution in [1.29, 1.82) is 0 Å². The van der Waals surface area contributed by atoms with Gasteiger partial charge in [0.05, 0.1) is 11.0 Å². The number of para-hydroxylation sites is 1. The van der Waals surface area contributed by atoms with Crippen molar-refractivity contribution in [3.8, 4) is 0 Å². The van der Waals surface area contributed by atoms with E-state index in [1.807, 2.05) is 10.6 Å². The van der Waals surface area contributed by atoms with Gasteiger partial charge >= 0.3 is 0 Å². The molecule has 1 aromatic heterocycles. The standard InChI is InChI=1S/C12H13BrF2N2/c1-2-3-7-17-9-6-4-5-8(11(14)15)10(9)16-12(17)13/h4-6,11H,2-3,7H2,1H3. The molecule has 0 amide bonds. The normalized spacial score (nSPS) is 11.6. The molecule has 0 atom stereocenters. The third kappa shape index (κ3) is 2.34. The molecule has 2 rings (SSSR count). The molecule has 17 heavy (non-hydrogen) atoms. The number of imidazole rings is 1. The van der Waals surface area contributed by atoms with Gasteiger partial charge in [0, 0.05) is 12.1 Å². The van der Waals surface area contributed by atoms with E-state index in [1.54, 1.807) is 6.07 Å². The smallest absolute Gasteiger partial charge is 0.266 e. The van der Waals surface area contributed by atoms with Crippen LogP contribution in [0.5, 0.6) is 0 Å². The molecule has 0 aliphatic rings. The molecule has 5 heteroatoms. The summed E-state index contributed by atoms with van der Waals surface area (Å²) < 4.78 is 28.2. The Bertz CT molecular complexity index is 522. The summed E-state index contributed by atoms with van der Waals surface area (Å²) in [5.41, 5.74) is 1.16. The van der Waals surface area contributed by atoms with Gasteiger partial charge in [-0.15, -0.1) is 0 Å². The van der Waals surface area contributed by atoms with Crippen LogP contribution < -0.4 is 0 Å². The molecular weight excluding hydrogens is 290 g/mol. The quantitative estimate of drug-likeness (QED) is 0.811. The van der Waals surface area contributed by atoms with E-state index in [9.17, 15) is 8.78 Å². The highest BCUT2D eigenvalue weighted by Gasteiger charge is 2.16. The molecule has 0 saturated carbocycles. The van der Waals surface area contributed by atoms with Crippen LogP contribution in [0.25, 0.3) is 11.0 Å². The summed E-state index contributed by atoms with van der Waals surface area (Å²) in [5, 5.41) is 0. The molecule has 92 valence electrons. The van der Waals surface area contributed by atoms with Crippen LogP contribution >= 0.6 is 15.9 Å². The average molecular weight is 303 g/mol. The molecule has 0 spiro atoms. The second-order valence-corrected chi connectivity index (χ2v) is 4.61. The molecule has 0 N–H and O–H groups in total. The van der Waals surface area contributed by atoms with Crippen LogP contribution in [0.4, 0.5) is 8.78 Å². The van der Waals surface area contributed by atoms with Crippen molar-refractivity contribution in [1.82, 2.24) is 9.55 Å². The molecule has 2 nitrogen and oxygen atoms in total. The Morgan fingerprint density at radius 3 is 2.82 bits per heavy atom. The van der Waals surface area contributed by atoms with Crippen LogP contribution in [0.1, 0.15) is 31.8 Å². The van der Waals surface area contributed by atoms with Gasteiger partial charge in [-0.3, -0.25) is 0 Å². The van der Waals surface area contributed by atoms with E-state index in [0.717, 1.165) is 24.9 Å². The maximum Gasteiger partial charge on any atom is 0.266 e. The van der Waals surface area contributed by atoms with Gasteiger partial charge in [0.2, 0.25) is 0 Å². The number of alkyl halides is 2. The fourth-order valence-corrected chi connectivity index (χ4v) is 2.39. The molecule has 0 saturated heterocycles. The summed E-state index contributed by atoms with van der Waals surface area (Å²) in [7, 11) is 0. The number of fused-ring (bicyclic) bond motifs is 1. The van der Waals surface area contributed by atoms with Crippen molar-refractivity contribution in [3.05, 3.63) is 28.5 Å². The maximum absolute atomic E-state index is 12.8. The highest BCUT2D eigenvalue weighted by atomic mass is 79.9. The molecule has 0 fully saturated rings. The molecule has 2 aromatic rings. The third-order valence-electron chi connectivity index (χ3n) is 2.73. The number of hydrogen-bond donors (Lipinski definition) is 0. The summed E-state index contributed by atoms with van der Waals surface area (Å²) in [6.45, 7) is 2.89. The van der Waals surface area contributed by atoms with E-state index in [4.69, 9.17) is 0 Å². The lowest BCUT2D eigenvalue weighted by Gasteiger charge is -2.05. The van der Waals surface area contributed by atoms with Crippen molar-refractivity contribution in [2.24, 2.45) is 0 Å². The minimum atomic E-state index is -2.49. The van der Waals surface area contributed by atoms with Crippen LogP contribution in [0.2, 0.25) is 0 Å². The number of nitrogens with zero attached hydrogens (tertiary/aromatic N) is 2. The lowest BCUT2D eigenvalue weighted by atomic mass is 10.2. The predicted octanol–water partition coefficient (Wildman–Crippen LogP) is 4.54. The van der Waals surface area contributed by atoms with Gasteiger partial charge in [-0.25, -0.2) is 13.8 Å². The van der Waals surface area contributed by atoms with Gasteiger partial charge < -0.3 is 4.57 Å². The SMILES string of the molecule is CCCCn1c(Br)nc2c(C(F)F)cccc21. The number of rotatable bonds is 4. The second kappa shape index (κ2) is 5.12. The van der Waals surface area contributed by atoms with E-state index in [-0.39, 0.29) is 5.56 Å². The largest absolute Gasteiger partial charge is 0.319 e. The number of aryl methyl sites for hydroxylation is 1. The molecule has 1 aromatic carbocycles. The van der Waals surface area contributed by atoms with Crippen molar-refractivity contribution < 1.29 is 8.78 Å². The molecular formula is C12H13BrF2N2. The summed E-state index contributed by atoms with van der Waals surface area (Å²) >= 11 is 3.33. The van der Waals surface area contributed by atoms with E-state index in [1.165, 1.54) is 6.07 Å².